The number of nitrogens with zero attached hydrogens (tertiary/aromatic N) is 3. The number of fused-ring (bicyclic) bond motifs is 1. The van der Waals surface area contributed by atoms with Crippen molar-refractivity contribution in [3.8, 4) is 0 Å². The number of hydrogen-bond donors (Lipinski definition) is 1. The van der Waals surface area contributed by atoms with E-state index in [4.69, 9.17) is 4.98 Å². The Labute approximate surface area is 197 Å². The van der Waals surface area contributed by atoms with Crippen LogP contribution >= 0.6 is 0 Å². The van der Waals surface area contributed by atoms with Gasteiger partial charge in [-0.25, -0.2) is 4.98 Å². The molecule has 3 atom stereocenters. The number of hydrogen-bond acceptors (Lipinski definition) is 4. The van der Waals surface area contributed by atoms with Crippen LogP contribution in [0.4, 0.5) is 11.5 Å². The summed E-state index contributed by atoms with van der Waals surface area (Å²) < 4.78 is 0. The second kappa shape index (κ2) is 10.1. The van der Waals surface area contributed by atoms with Gasteiger partial charge in [-0.2, -0.15) is 0 Å². The Kier molecular flexibility index (Phi) is 7.20. The summed E-state index contributed by atoms with van der Waals surface area (Å²) in [5.41, 5.74) is 2.86. The number of pyridine rings is 1. The van der Waals surface area contributed by atoms with Crippen LogP contribution < -0.4 is 10.2 Å². The van der Waals surface area contributed by atoms with Gasteiger partial charge >= 0.3 is 0 Å². The molecule has 2 aromatic rings. The number of rotatable bonds is 5. The van der Waals surface area contributed by atoms with E-state index >= 15 is 0 Å². The summed E-state index contributed by atoms with van der Waals surface area (Å²) in [7, 11) is 0. The Morgan fingerprint density at radius 2 is 1.79 bits per heavy atom. The van der Waals surface area contributed by atoms with E-state index in [-0.39, 0.29) is 24.7 Å². The number of benzene rings is 1. The highest BCUT2D eigenvalue weighted by atomic mass is 16.2. The van der Waals surface area contributed by atoms with E-state index in [1.54, 1.807) is 0 Å². The van der Waals surface area contributed by atoms with Crippen LogP contribution in [0.25, 0.3) is 10.9 Å². The van der Waals surface area contributed by atoms with Crippen LogP contribution in [-0.2, 0) is 9.59 Å². The third-order valence-electron chi connectivity index (χ3n) is 7.05. The first kappa shape index (κ1) is 23.5. The van der Waals surface area contributed by atoms with Crippen LogP contribution in [0.1, 0.15) is 58.4 Å². The number of anilines is 2. The van der Waals surface area contributed by atoms with Crippen LogP contribution in [0.5, 0.6) is 0 Å². The lowest BCUT2D eigenvalue weighted by molar-refractivity contribution is -0.134. The molecule has 2 aliphatic rings. The molecule has 2 saturated heterocycles. The number of aryl methyl sites for hydroxylation is 1. The molecule has 3 unspecified atom stereocenters. The summed E-state index contributed by atoms with van der Waals surface area (Å²) >= 11 is 0. The van der Waals surface area contributed by atoms with Crippen LogP contribution in [0.2, 0.25) is 0 Å². The lowest BCUT2D eigenvalue weighted by Gasteiger charge is -2.36. The van der Waals surface area contributed by atoms with E-state index < -0.39 is 0 Å². The molecule has 1 N–H and O–H groups in total. The van der Waals surface area contributed by atoms with Gasteiger partial charge in [0.1, 0.15) is 5.82 Å². The highest BCUT2D eigenvalue weighted by Gasteiger charge is 2.24. The van der Waals surface area contributed by atoms with Crippen molar-refractivity contribution in [2.24, 2.45) is 17.8 Å². The zero-order valence-corrected chi connectivity index (χ0v) is 20.6. The first-order valence-electron chi connectivity index (χ1n) is 12.5. The molecular weight excluding hydrogens is 412 g/mol. The maximum Gasteiger partial charge on any atom is 0.224 e. The summed E-state index contributed by atoms with van der Waals surface area (Å²) in [4.78, 5) is 34.2. The summed E-state index contributed by atoms with van der Waals surface area (Å²) in [5.74, 6) is 2.91. The number of likely N-dealkylation sites (tertiary alicyclic amines) is 1. The molecule has 3 heterocycles. The first-order valence-corrected chi connectivity index (χ1v) is 12.5. The van der Waals surface area contributed by atoms with Gasteiger partial charge in [-0.1, -0.05) is 20.8 Å². The third-order valence-corrected chi connectivity index (χ3v) is 7.05. The number of carbonyl (C=O) groups excluding carboxylic acids is 2. The minimum atomic E-state index is -0.119. The Bertz CT molecular complexity index is 1010. The number of nitrogens with one attached hydrogen (secondary N) is 1. The van der Waals surface area contributed by atoms with E-state index in [9.17, 15) is 9.59 Å². The minimum Gasteiger partial charge on any atom is -0.356 e. The van der Waals surface area contributed by atoms with Gasteiger partial charge in [-0.3, -0.25) is 9.59 Å². The zero-order chi connectivity index (χ0) is 23.5. The van der Waals surface area contributed by atoms with Crippen molar-refractivity contribution < 1.29 is 9.59 Å². The molecule has 0 bridgehead atoms. The standard InChI is InChI=1S/C27H38N4O2/c1-18-6-5-11-30(15-18)27(33)10-9-26(32)28-22-7-8-24-23(14-22)21(4)13-25(29-24)31-16-19(2)12-20(3)17-31/h7-8,13-14,18-20H,5-6,9-12,15-17H2,1-4H3,(H,28,32). The van der Waals surface area contributed by atoms with Crippen molar-refractivity contribution in [1.29, 1.82) is 0 Å². The van der Waals surface area contributed by atoms with Gasteiger partial charge in [0, 0.05) is 50.1 Å². The number of carbonyl (C=O) groups is 2. The maximum atomic E-state index is 12.5. The fourth-order valence-electron chi connectivity index (χ4n) is 5.48. The van der Waals surface area contributed by atoms with Gasteiger partial charge in [0.05, 0.1) is 5.52 Å². The molecule has 6 heteroatoms. The van der Waals surface area contributed by atoms with E-state index in [1.807, 2.05) is 23.1 Å². The summed E-state index contributed by atoms with van der Waals surface area (Å²) in [6.07, 6.45) is 3.99. The Morgan fingerprint density at radius 1 is 1.03 bits per heavy atom. The molecule has 6 nitrogen and oxygen atoms in total. The molecule has 2 fully saturated rings. The average molecular weight is 451 g/mol. The quantitative estimate of drug-likeness (QED) is 0.696. The fourth-order valence-corrected chi connectivity index (χ4v) is 5.48. The maximum absolute atomic E-state index is 12.5. The van der Waals surface area contributed by atoms with Crippen LogP contribution in [0, 0.1) is 24.7 Å². The van der Waals surface area contributed by atoms with Crippen molar-refractivity contribution >= 4 is 34.2 Å². The second-order valence-electron chi connectivity index (χ2n) is 10.5. The van der Waals surface area contributed by atoms with E-state index in [2.05, 4.69) is 44.0 Å². The highest BCUT2D eigenvalue weighted by molar-refractivity contribution is 5.96. The normalized spacial score (nSPS) is 23.6. The van der Waals surface area contributed by atoms with Gasteiger partial charge in [-0.05, 0) is 73.8 Å². The molecule has 1 aromatic carbocycles. The second-order valence-corrected chi connectivity index (χ2v) is 10.5. The van der Waals surface area contributed by atoms with Crippen molar-refractivity contribution in [3.05, 3.63) is 29.8 Å². The molecule has 33 heavy (non-hydrogen) atoms. The average Bonchev–Trinajstić information content (AvgIpc) is 2.77. The summed E-state index contributed by atoms with van der Waals surface area (Å²) in [5, 5.41) is 4.02. The van der Waals surface area contributed by atoms with Crippen LogP contribution in [0.15, 0.2) is 24.3 Å². The predicted octanol–water partition coefficient (Wildman–Crippen LogP) is 5.00. The SMILES string of the molecule is Cc1cc(N2CC(C)CC(C)C2)nc2ccc(NC(=O)CCC(=O)N3CCCC(C)C3)cc12. The van der Waals surface area contributed by atoms with E-state index in [1.165, 1.54) is 12.8 Å². The van der Waals surface area contributed by atoms with Crippen molar-refractivity contribution in [1.82, 2.24) is 9.88 Å². The first-order chi connectivity index (χ1) is 15.8. The molecule has 1 aromatic heterocycles. The lowest BCUT2D eigenvalue weighted by atomic mass is 9.92. The van der Waals surface area contributed by atoms with E-state index in [0.717, 1.165) is 60.6 Å². The zero-order valence-electron chi connectivity index (χ0n) is 20.6. The Morgan fingerprint density at radius 3 is 2.52 bits per heavy atom. The smallest absolute Gasteiger partial charge is 0.224 e. The molecule has 0 saturated carbocycles. The third kappa shape index (κ3) is 5.84. The van der Waals surface area contributed by atoms with Gasteiger partial charge < -0.3 is 15.1 Å². The fraction of sp³-hybridized carbons (Fsp3) is 0.593. The molecule has 2 aliphatic heterocycles. The van der Waals surface area contributed by atoms with Crippen molar-refractivity contribution in [2.75, 3.05) is 36.4 Å². The molecular formula is C27H38N4O2. The largest absolute Gasteiger partial charge is 0.356 e. The molecule has 0 aliphatic carbocycles. The topological polar surface area (TPSA) is 65.5 Å². The molecule has 178 valence electrons. The van der Waals surface area contributed by atoms with Gasteiger partial charge in [0.15, 0.2) is 0 Å². The van der Waals surface area contributed by atoms with Crippen molar-refractivity contribution in [2.45, 2.75) is 59.8 Å². The molecule has 4 rings (SSSR count). The lowest BCUT2D eigenvalue weighted by Crippen LogP contribution is -2.39. The van der Waals surface area contributed by atoms with Gasteiger partial charge in [0.25, 0.3) is 0 Å². The monoisotopic (exact) mass is 450 g/mol. The number of piperidine rings is 2. The Balaban J connectivity index is 1.39. The summed E-state index contributed by atoms with van der Waals surface area (Å²) in [6.45, 7) is 12.6. The summed E-state index contributed by atoms with van der Waals surface area (Å²) in [6, 6.07) is 8.05. The van der Waals surface area contributed by atoms with Crippen LogP contribution in [-0.4, -0.2) is 47.9 Å². The number of aromatic nitrogens is 1. The Hall–Kier alpha value is -2.63. The molecule has 0 spiro atoms. The molecule has 0 radical (unpaired) electrons. The van der Waals surface area contributed by atoms with Gasteiger partial charge in [-0.15, -0.1) is 0 Å². The van der Waals surface area contributed by atoms with E-state index in [0.29, 0.717) is 17.8 Å². The van der Waals surface area contributed by atoms with Crippen molar-refractivity contribution in [3.63, 3.8) is 0 Å². The molecule has 2 amide bonds. The number of amides is 2. The predicted molar refractivity (Wildman–Crippen MR) is 134 cm³/mol. The van der Waals surface area contributed by atoms with Crippen LogP contribution in [0.3, 0.4) is 0 Å². The van der Waals surface area contributed by atoms with Gasteiger partial charge in [0.2, 0.25) is 11.8 Å². The minimum absolute atomic E-state index is 0.0872. The highest BCUT2D eigenvalue weighted by Crippen LogP contribution is 2.29.